The van der Waals surface area contributed by atoms with Gasteiger partial charge < -0.3 is 9.67 Å². The Kier molecular flexibility index (Phi) is 2.55. The summed E-state index contributed by atoms with van der Waals surface area (Å²) in [5.74, 6) is 0. The molecule has 16 heavy (non-hydrogen) atoms. The largest absolute Gasteiger partial charge is 0.390 e. The van der Waals surface area contributed by atoms with Crippen LogP contribution >= 0.6 is 0 Å². The summed E-state index contributed by atoms with van der Waals surface area (Å²) in [6.45, 7) is 5.82. The average molecular weight is 217 g/mol. The lowest BCUT2D eigenvalue weighted by Gasteiger charge is -2.16. The highest BCUT2D eigenvalue weighted by atomic mass is 16.3. The molecule has 86 valence electrons. The molecule has 2 aromatic rings. The van der Waals surface area contributed by atoms with Crippen LogP contribution in [0.4, 0.5) is 0 Å². The van der Waals surface area contributed by atoms with Crippen LogP contribution < -0.4 is 0 Å². The summed E-state index contributed by atoms with van der Waals surface area (Å²) < 4.78 is 2.13. The van der Waals surface area contributed by atoms with E-state index in [1.54, 1.807) is 0 Å². The fraction of sp³-hybridized carbons (Fsp3) is 0.429. The maximum absolute atomic E-state index is 9.92. The number of aromatic nitrogens is 1. The van der Waals surface area contributed by atoms with Gasteiger partial charge in [-0.05, 0) is 38.0 Å². The first-order chi connectivity index (χ1) is 7.38. The molecule has 0 amide bonds. The third kappa shape index (κ3) is 1.98. The Morgan fingerprint density at radius 1 is 1.31 bits per heavy atom. The summed E-state index contributed by atoms with van der Waals surface area (Å²) in [5, 5.41) is 11.2. The monoisotopic (exact) mass is 217 g/mol. The second-order valence-electron chi connectivity index (χ2n) is 5.22. The number of fused-ring (bicyclic) bond motifs is 1. The molecule has 0 aliphatic carbocycles. The summed E-state index contributed by atoms with van der Waals surface area (Å²) in [6.07, 6.45) is 2.81. The minimum atomic E-state index is -0.656. The standard InChI is InChI=1S/C14H19NO/c1-10-6-5-7-12-13(10)11(9-15(12)4)8-14(2,3)16/h5-7,9,16H,8H2,1-4H3. The number of nitrogens with zero attached hydrogens (tertiary/aromatic N) is 1. The van der Waals surface area contributed by atoms with Gasteiger partial charge in [0.25, 0.3) is 0 Å². The molecule has 0 aliphatic heterocycles. The number of hydrogen-bond acceptors (Lipinski definition) is 1. The van der Waals surface area contributed by atoms with Crippen LogP contribution in [0.2, 0.25) is 0 Å². The van der Waals surface area contributed by atoms with Crippen LogP contribution in [0.1, 0.15) is 25.0 Å². The van der Waals surface area contributed by atoms with E-state index < -0.39 is 5.60 Å². The zero-order valence-electron chi connectivity index (χ0n) is 10.4. The van der Waals surface area contributed by atoms with Gasteiger partial charge in [-0.25, -0.2) is 0 Å². The third-order valence-electron chi connectivity index (χ3n) is 2.92. The van der Waals surface area contributed by atoms with Crippen molar-refractivity contribution in [1.29, 1.82) is 0 Å². The zero-order valence-corrected chi connectivity index (χ0v) is 10.4. The second-order valence-corrected chi connectivity index (χ2v) is 5.22. The highest BCUT2D eigenvalue weighted by Gasteiger charge is 2.17. The molecule has 0 saturated carbocycles. The van der Waals surface area contributed by atoms with Crippen LogP contribution in [0.3, 0.4) is 0 Å². The van der Waals surface area contributed by atoms with Gasteiger partial charge in [0, 0.05) is 30.6 Å². The van der Waals surface area contributed by atoms with Gasteiger partial charge in [-0.15, -0.1) is 0 Å². The van der Waals surface area contributed by atoms with Crippen molar-refractivity contribution in [3.8, 4) is 0 Å². The summed E-state index contributed by atoms with van der Waals surface area (Å²) in [7, 11) is 2.05. The zero-order chi connectivity index (χ0) is 11.9. The van der Waals surface area contributed by atoms with Crippen LogP contribution in [-0.2, 0) is 13.5 Å². The van der Waals surface area contributed by atoms with Crippen molar-refractivity contribution in [1.82, 2.24) is 4.57 Å². The summed E-state index contributed by atoms with van der Waals surface area (Å²) >= 11 is 0. The molecule has 2 nitrogen and oxygen atoms in total. The smallest absolute Gasteiger partial charge is 0.0632 e. The maximum Gasteiger partial charge on any atom is 0.0632 e. The second kappa shape index (κ2) is 3.63. The molecule has 0 radical (unpaired) electrons. The van der Waals surface area contributed by atoms with Crippen molar-refractivity contribution >= 4 is 10.9 Å². The van der Waals surface area contributed by atoms with E-state index >= 15 is 0 Å². The van der Waals surface area contributed by atoms with Crippen molar-refractivity contribution in [2.24, 2.45) is 7.05 Å². The molecule has 2 rings (SSSR count). The van der Waals surface area contributed by atoms with Gasteiger partial charge in [-0.3, -0.25) is 0 Å². The molecule has 1 N–H and O–H groups in total. The lowest BCUT2D eigenvalue weighted by atomic mass is 9.97. The van der Waals surface area contributed by atoms with Gasteiger partial charge >= 0.3 is 0 Å². The minimum Gasteiger partial charge on any atom is -0.390 e. The van der Waals surface area contributed by atoms with Crippen molar-refractivity contribution < 1.29 is 5.11 Å². The van der Waals surface area contributed by atoms with E-state index in [0.717, 1.165) is 0 Å². The summed E-state index contributed by atoms with van der Waals surface area (Å²) in [5.41, 5.74) is 3.08. The molecule has 1 heterocycles. The van der Waals surface area contributed by atoms with E-state index in [9.17, 15) is 5.11 Å². The van der Waals surface area contributed by atoms with Crippen LogP contribution in [-0.4, -0.2) is 15.3 Å². The van der Waals surface area contributed by atoms with Crippen molar-refractivity contribution in [2.45, 2.75) is 32.8 Å². The lowest BCUT2D eigenvalue weighted by Crippen LogP contribution is -2.21. The van der Waals surface area contributed by atoms with E-state index in [0.29, 0.717) is 6.42 Å². The Balaban J connectivity index is 2.62. The lowest BCUT2D eigenvalue weighted by molar-refractivity contribution is 0.0813. The number of aliphatic hydroxyl groups is 1. The van der Waals surface area contributed by atoms with Gasteiger partial charge in [0.1, 0.15) is 0 Å². The van der Waals surface area contributed by atoms with Crippen LogP contribution in [0, 0.1) is 6.92 Å². The Labute approximate surface area is 96.5 Å². The topological polar surface area (TPSA) is 25.2 Å². The van der Waals surface area contributed by atoms with Crippen LogP contribution in [0.5, 0.6) is 0 Å². The molecule has 0 unspecified atom stereocenters. The molecule has 1 aromatic heterocycles. The predicted molar refractivity (Wildman–Crippen MR) is 67.7 cm³/mol. The van der Waals surface area contributed by atoms with E-state index in [4.69, 9.17) is 0 Å². The summed E-state index contributed by atoms with van der Waals surface area (Å²) in [6, 6.07) is 6.32. The van der Waals surface area contributed by atoms with Gasteiger partial charge in [0.15, 0.2) is 0 Å². The number of rotatable bonds is 2. The first-order valence-corrected chi connectivity index (χ1v) is 5.64. The van der Waals surface area contributed by atoms with E-state index in [-0.39, 0.29) is 0 Å². The van der Waals surface area contributed by atoms with E-state index in [1.807, 2.05) is 13.8 Å². The Morgan fingerprint density at radius 3 is 2.62 bits per heavy atom. The quantitative estimate of drug-likeness (QED) is 0.822. The number of benzene rings is 1. The number of aryl methyl sites for hydroxylation is 2. The Morgan fingerprint density at radius 2 is 2.00 bits per heavy atom. The van der Waals surface area contributed by atoms with Gasteiger partial charge in [-0.2, -0.15) is 0 Å². The van der Waals surface area contributed by atoms with Crippen LogP contribution in [0.15, 0.2) is 24.4 Å². The Bertz CT molecular complexity index is 517. The summed E-state index contributed by atoms with van der Waals surface area (Å²) in [4.78, 5) is 0. The van der Waals surface area contributed by atoms with Crippen molar-refractivity contribution in [2.75, 3.05) is 0 Å². The normalized spacial score (nSPS) is 12.3. The first-order valence-electron chi connectivity index (χ1n) is 5.64. The molecule has 0 fully saturated rings. The maximum atomic E-state index is 9.92. The SMILES string of the molecule is Cc1cccc2c1c(CC(C)(C)O)cn2C. The Hall–Kier alpha value is -1.28. The third-order valence-corrected chi connectivity index (χ3v) is 2.92. The molecule has 0 bridgehead atoms. The highest BCUT2D eigenvalue weighted by Crippen LogP contribution is 2.26. The van der Waals surface area contributed by atoms with Crippen LogP contribution in [0.25, 0.3) is 10.9 Å². The fourth-order valence-corrected chi connectivity index (χ4v) is 2.33. The van der Waals surface area contributed by atoms with E-state index in [1.165, 1.54) is 22.0 Å². The molecular formula is C14H19NO. The van der Waals surface area contributed by atoms with Crippen molar-refractivity contribution in [3.63, 3.8) is 0 Å². The molecule has 0 spiro atoms. The fourth-order valence-electron chi connectivity index (χ4n) is 2.33. The predicted octanol–water partition coefficient (Wildman–Crippen LogP) is 2.80. The molecular weight excluding hydrogens is 198 g/mol. The van der Waals surface area contributed by atoms with Crippen molar-refractivity contribution in [3.05, 3.63) is 35.5 Å². The first kappa shape index (κ1) is 11.2. The molecule has 0 atom stereocenters. The molecule has 1 aromatic carbocycles. The minimum absolute atomic E-state index is 0.656. The van der Waals surface area contributed by atoms with Gasteiger partial charge in [-0.1, -0.05) is 12.1 Å². The highest BCUT2D eigenvalue weighted by molar-refractivity contribution is 5.87. The molecule has 0 saturated heterocycles. The van der Waals surface area contributed by atoms with E-state index in [2.05, 4.69) is 42.9 Å². The van der Waals surface area contributed by atoms with Gasteiger partial charge in [0.2, 0.25) is 0 Å². The number of hydrogen-bond donors (Lipinski definition) is 1. The molecule has 0 aliphatic rings. The van der Waals surface area contributed by atoms with Gasteiger partial charge in [0.05, 0.1) is 5.60 Å². The molecule has 2 heteroatoms. The average Bonchev–Trinajstić information content (AvgIpc) is 2.42.